The molecule has 1 aromatic carbocycles. The van der Waals surface area contributed by atoms with E-state index in [0.29, 0.717) is 36.4 Å². The molecule has 0 radical (unpaired) electrons. The Bertz CT molecular complexity index is 917. The first-order valence-corrected chi connectivity index (χ1v) is 8.71. The van der Waals surface area contributed by atoms with Crippen molar-refractivity contribution in [1.82, 2.24) is 9.47 Å². The van der Waals surface area contributed by atoms with Crippen LogP contribution in [0.5, 0.6) is 5.75 Å². The lowest BCUT2D eigenvalue weighted by Gasteiger charge is -2.18. The first kappa shape index (κ1) is 18.7. The highest BCUT2D eigenvalue weighted by molar-refractivity contribution is 5.96. The number of aromatic nitrogens is 1. The Morgan fingerprint density at radius 1 is 1.11 bits per heavy atom. The third-order valence-electron chi connectivity index (χ3n) is 4.76. The smallest absolute Gasteiger partial charge is 0.337 e. The Balaban J connectivity index is 1.64. The maximum atomic E-state index is 12.6. The van der Waals surface area contributed by atoms with E-state index in [1.54, 1.807) is 40.8 Å². The van der Waals surface area contributed by atoms with Gasteiger partial charge in [0.1, 0.15) is 11.9 Å². The van der Waals surface area contributed by atoms with Gasteiger partial charge in [0.25, 0.3) is 11.5 Å². The molecule has 142 valence electrons. The van der Waals surface area contributed by atoms with Crippen molar-refractivity contribution in [1.29, 1.82) is 0 Å². The Kier molecular flexibility index (Phi) is 5.30. The normalized spacial score (nSPS) is 16.3. The maximum absolute atomic E-state index is 12.6. The first-order chi connectivity index (χ1) is 12.9. The van der Waals surface area contributed by atoms with E-state index in [9.17, 15) is 14.4 Å². The van der Waals surface area contributed by atoms with Crippen molar-refractivity contribution in [3.63, 3.8) is 0 Å². The third kappa shape index (κ3) is 4.02. The SMILES string of the molecule is COC(=O)c1ccc(C(=O)N2CCC(Oc3cc(C)n(C)c(=O)c3)C2)cc1. The number of pyridine rings is 1. The van der Waals surface area contributed by atoms with Gasteiger partial charge in [-0.05, 0) is 37.3 Å². The van der Waals surface area contributed by atoms with E-state index < -0.39 is 5.97 Å². The summed E-state index contributed by atoms with van der Waals surface area (Å²) in [4.78, 5) is 37.7. The Morgan fingerprint density at radius 3 is 2.41 bits per heavy atom. The van der Waals surface area contributed by atoms with Crippen molar-refractivity contribution in [3.05, 3.63) is 63.6 Å². The Labute approximate surface area is 157 Å². The van der Waals surface area contributed by atoms with Crippen molar-refractivity contribution in [2.24, 2.45) is 7.05 Å². The number of rotatable bonds is 4. The van der Waals surface area contributed by atoms with Gasteiger partial charge in [-0.2, -0.15) is 0 Å². The van der Waals surface area contributed by atoms with Crippen LogP contribution in [-0.2, 0) is 11.8 Å². The summed E-state index contributed by atoms with van der Waals surface area (Å²) in [5, 5.41) is 0. The second kappa shape index (κ2) is 7.65. The summed E-state index contributed by atoms with van der Waals surface area (Å²) in [6, 6.07) is 9.66. The van der Waals surface area contributed by atoms with Gasteiger partial charge in [-0.15, -0.1) is 0 Å². The van der Waals surface area contributed by atoms with Crippen LogP contribution in [0.2, 0.25) is 0 Å². The standard InChI is InChI=1S/C20H22N2O5/c1-13-10-17(11-18(23)21(13)2)27-16-8-9-22(12-16)19(24)14-4-6-15(7-5-14)20(25)26-3/h4-7,10-11,16H,8-9,12H2,1-3H3. The predicted molar refractivity (Wildman–Crippen MR) is 99.1 cm³/mol. The average Bonchev–Trinajstić information content (AvgIpc) is 3.13. The van der Waals surface area contributed by atoms with E-state index in [4.69, 9.17) is 4.74 Å². The molecule has 0 saturated carbocycles. The van der Waals surface area contributed by atoms with E-state index in [1.807, 2.05) is 13.0 Å². The molecule has 27 heavy (non-hydrogen) atoms. The minimum atomic E-state index is -0.437. The molecule has 1 aromatic heterocycles. The lowest BCUT2D eigenvalue weighted by Crippen LogP contribution is -2.31. The fourth-order valence-corrected chi connectivity index (χ4v) is 3.06. The third-order valence-corrected chi connectivity index (χ3v) is 4.76. The van der Waals surface area contributed by atoms with Crippen LogP contribution in [0.1, 0.15) is 32.8 Å². The number of carbonyl (C=O) groups excluding carboxylic acids is 2. The molecule has 2 heterocycles. The fourth-order valence-electron chi connectivity index (χ4n) is 3.06. The van der Waals surface area contributed by atoms with Crippen LogP contribution in [0.3, 0.4) is 0 Å². The largest absolute Gasteiger partial charge is 0.488 e. The molecule has 3 rings (SSSR count). The predicted octanol–water partition coefficient (Wildman–Crippen LogP) is 1.77. The van der Waals surface area contributed by atoms with Gasteiger partial charge >= 0.3 is 5.97 Å². The summed E-state index contributed by atoms with van der Waals surface area (Å²) in [5.74, 6) is -0.0251. The minimum Gasteiger partial charge on any atom is -0.488 e. The van der Waals surface area contributed by atoms with E-state index in [-0.39, 0.29) is 17.6 Å². The lowest BCUT2D eigenvalue weighted by molar-refractivity contribution is 0.0600. The van der Waals surface area contributed by atoms with Gasteiger partial charge in [0, 0.05) is 37.3 Å². The number of methoxy groups -OCH3 is 1. The number of hydrogen-bond acceptors (Lipinski definition) is 5. The van der Waals surface area contributed by atoms with Crippen LogP contribution >= 0.6 is 0 Å². The van der Waals surface area contributed by atoms with Crippen LogP contribution in [-0.4, -0.2) is 47.6 Å². The minimum absolute atomic E-state index is 0.113. The first-order valence-electron chi connectivity index (χ1n) is 8.71. The average molecular weight is 370 g/mol. The molecule has 1 aliphatic rings. The quantitative estimate of drug-likeness (QED) is 0.767. The molecule has 0 bridgehead atoms. The molecule has 1 fully saturated rings. The second-order valence-electron chi connectivity index (χ2n) is 6.58. The van der Waals surface area contributed by atoms with Crippen LogP contribution in [0.4, 0.5) is 0 Å². The molecule has 1 unspecified atom stereocenters. The molecule has 1 saturated heterocycles. The molecule has 1 aliphatic heterocycles. The number of nitrogens with zero attached hydrogens (tertiary/aromatic N) is 2. The van der Waals surface area contributed by atoms with E-state index in [1.165, 1.54) is 13.2 Å². The number of amides is 1. The van der Waals surface area contributed by atoms with E-state index >= 15 is 0 Å². The van der Waals surface area contributed by atoms with Gasteiger partial charge in [-0.25, -0.2) is 4.79 Å². The molecule has 2 aromatic rings. The topological polar surface area (TPSA) is 77.8 Å². The van der Waals surface area contributed by atoms with Crippen molar-refractivity contribution in [2.75, 3.05) is 20.2 Å². The highest BCUT2D eigenvalue weighted by atomic mass is 16.5. The molecule has 1 amide bonds. The summed E-state index contributed by atoms with van der Waals surface area (Å²) in [6.45, 7) is 2.87. The van der Waals surface area contributed by atoms with Gasteiger partial charge in [-0.1, -0.05) is 0 Å². The molecule has 0 aliphatic carbocycles. The molecular weight excluding hydrogens is 348 g/mol. The molecule has 1 atom stereocenters. The molecule has 7 heteroatoms. The van der Waals surface area contributed by atoms with Crippen LogP contribution in [0.15, 0.2) is 41.2 Å². The molecule has 0 N–H and O–H groups in total. The maximum Gasteiger partial charge on any atom is 0.337 e. The van der Waals surface area contributed by atoms with Crippen LogP contribution in [0.25, 0.3) is 0 Å². The van der Waals surface area contributed by atoms with Gasteiger partial charge in [0.15, 0.2) is 0 Å². The van der Waals surface area contributed by atoms with Crippen molar-refractivity contribution in [3.8, 4) is 5.75 Å². The highest BCUT2D eigenvalue weighted by Gasteiger charge is 2.28. The number of benzene rings is 1. The number of likely N-dealkylation sites (tertiary alicyclic amines) is 1. The summed E-state index contributed by atoms with van der Waals surface area (Å²) in [6.07, 6.45) is 0.537. The molecular formula is C20H22N2O5. The summed E-state index contributed by atoms with van der Waals surface area (Å²) < 4.78 is 12.1. The monoisotopic (exact) mass is 370 g/mol. The van der Waals surface area contributed by atoms with Gasteiger partial charge < -0.3 is 18.9 Å². The number of esters is 1. The summed E-state index contributed by atoms with van der Waals surface area (Å²) >= 11 is 0. The fraction of sp³-hybridized carbons (Fsp3) is 0.350. The summed E-state index contributed by atoms with van der Waals surface area (Å²) in [7, 11) is 3.03. The van der Waals surface area contributed by atoms with Crippen molar-refractivity contribution < 1.29 is 19.1 Å². The van der Waals surface area contributed by atoms with E-state index in [0.717, 1.165) is 5.69 Å². The van der Waals surface area contributed by atoms with Gasteiger partial charge in [-0.3, -0.25) is 9.59 Å². The Hall–Kier alpha value is -3.09. The zero-order chi connectivity index (χ0) is 19.6. The number of aryl methyl sites for hydroxylation is 1. The highest BCUT2D eigenvalue weighted by Crippen LogP contribution is 2.20. The molecule has 0 spiro atoms. The van der Waals surface area contributed by atoms with Gasteiger partial charge in [0.2, 0.25) is 0 Å². The Morgan fingerprint density at radius 2 is 1.78 bits per heavy atom. The van der Waals surface area contributed by atoms with E-state index in [2.05, 4.69) is 4.74 Å². The lowest BCUT2D eigenvalue weighted by atomic mass is 10.1. The number of carbonyl (C=O) groups is 2. The molecule has 7 nitrogen and oxygen atoms in total. The van der Waals surface area contributed by atoms with Crippen LogP contribution < -0.4 is 10.3 Å². The zero-order valence-corrected chi connectivity index (χ0v) is 15.6. The number of ether oxygens (including phenoxy) is 2. The zero-order valence-electron chi connectivity index (χ0n) is 15.6. The second-order valence-corrected chi connectivity index (χ2v) is 6.58. The van der Waals surface area contributed by atoms with Crippen LogP contribution in [0, 0.1) is 6.92 Å². The number of hydrogen-bond donors (Lipinski definition) is 0. The summed E-state index contributed by atoms with van der Waals surface area (Å²) in [5.41, 5.74) is 1.60. The van der Waals surface area contributed by atoms with Crippen molar-refractivity contribution >= 4 is 11.9 Å². The van der Waals surface area contributed by atoms with Crippen molar-refractivity contribution in [2.45, 2.75) is 19.4 Å². The van der Waals surface area contributed by atoms with Gasteiger partial charge in [0.05, 0.1) is 19.2 Å².